The first kappa shape index (κ1) is 23.5. The van der Waals surface area contributed by atoms with E-state index in [9.17, 15) is 5.11 Å². The zero-order valence-corrected chi connectivity index (χ0v) is 19.3. The number of rotatable bonds is 10. The molecule has 4 nitrogen and oxygen atoms in total. The van der Waals surface area contributed by atoms with E-state index in [2.05, 4.69) is 51.6 Å². The molecule has 2 rings (SSSR count). The highest BCUT2D eigenvalue weighted by atomic mass is 28.4. The Balaban J connectivity index is 2.52. The molecule has 29 heavy (non-hydrogen) atoms. The predicted octanol–water partition coefficient (Wildman–Crippen LogP) is 3.49. The average Bonchev–Trinajstić information content (AvgIpc) is 2.69. The van der Waals surface area contributed by atoms with Crippen molar-refractivity contribution in [2.24, 2.45) is 0 Å². The van der Waals surface area contributed by atoms with Crippen LogP contribution in [0.4, 0.5) is 0 Å². The van der Waals surface area contributed by atoms with Crippen molar-refractivity contribution in [3.05, 3.63) is 72.8 Å². The summed E-state index contributed by atoms with van der Waals surface area (Å²) in [5.41, 5.74) is -0.697. The lowest BCUT2D eigenvalue weighted by Crippen LogP contribution is -2.68. The summed E-state index contributed by atoms with van der Waals surface area (Å²) in [6, 6.07) is 20.7. The second-order valence-corrected chi connectivity index (χ2v) is 12.8. The fourth-order valence-electron chi connectivity index (χ4n) is 3.57. The van der Waals surface area contributed by atoms with Gasteiger partial charge in [-0.1, -0.05) is 88.0 Å². The predicted molar refractivity (Wildman–Crippen MR) is 121 cm³/mol. The molecule has 1 atom stereocenters. The van der Waals surface area contributed by atoms with Crippen molar-refractivity contribution in [1.29, 1.82) is 0 Å². The minimum Gasteiger partial charge on any atom is -0.404 e. The lowest BCUT2D eigenvalue weighted by Gasteiger charge is -2.45. The van der Waals surface area contributed by atoms with E-state index in [0.29, 0.717) is 5.57 Å². The second-order valence-electron chi connectivity index (χ2n) is 8.52. The molecule has 0 fully saturated rings. The van der Waals surface area contributed by atoms with E-state index in [1.165, 1.54) is 10.4 Å². The molecule has 0 amide bonds. The Labute approximate surface area is 176 Å². The lowest BCUT2D eigenvalue weighted by molar-refractivity contribution is -0.100. The van der Waals surface area contributed by atoms with Crippen molar-refractivity contribution in [3.63, 3.8) is 0 Å². The topological polar surface area (TPSA) is 47.9 Å². The van der Waals surface area contributed by atoms with E-state index >= 15 is 0 Å². The maximum absolute atomic E-state index is 11.3. The SMILES string of the molecule is C=C(C)C(O)(COCOC)CO[Si](c1ccccc1)(c1ccccc1)C(C)(C)C. The molecule has 0 aliphatic heterocycles. The summed E-state index contributed by atoms with van der Waals surface area (Å²) < 4.78 is 17.3. The first-order chi connectivity index (χ1) is 13.7. The monoisotopic (exact) mass is 414 g/mol. The molecule has 0 heterocycles. The van der Waals surface area contributed by atoms with Crippen molar-refractivity contribution in [2.45, 2.75) is 38.3 Å². The number of ether oxygens (including phenoxy) is 2. The van der Waals surface area contributed by atoms with Crippen LogP contribution in [0.5, 0.6) is 0 Å². The van der Waals surface area contributed by atoms with E-state index in [1.54, 1.807) is 14.0 Å². The third-order valence-corrected chi connectivity index (χ3v) is 10.3. The Morgan fingerprint density at radius 1 is 0.931 bits per heavy atom. The molecule has 0 saturated carbocycles. The van der Waals surface area contributed by atoms with Gasteiger partial charge in [-0.2, -0.15) is 0 Å². The third kappa shape index (κ3) is 5.24. The Hall–Kier alpha value is -1.76. The normalized spacial score (nSPS) is 14.4. The van der Waals surface area contributed by atoms with Crippen LogP contribution in [0.2, 0.25) is 5.04 Å². The fourth-order valence-corrected chi connectivity index (χ4v) is 8.18. The third-order valence-electron chi connectivity index (χ3n) is 5.28. The van der Waals surface area contributed by atoms with Crippen LogP contribution in [-0.4, -0.2) is 46.1 Å². The zero-order valence-electron chi connectivity index (χ0n) is 18.3. The molecule has 1 N–H and O–H groups in total. The minimum absolute atomic E-state index is 0.0639. The van der Waals surface area contributed by atoms with Gasteiger partial charge < -0.3 is 19.0 Å². The lowest BCUT2D eigenvalue weighted by atomic mass is 9.99. The van der Waals surface area contributed by atoms with Gasteiger partial charge in [-0.15, -0.1) is 0 Å². The molecule has 5 heteroatoms. The maximum atomic E-state index is 11.3. The Morgan fingerprint density at radius 2 is 1.41 bits per heavy atom. The van der Waals surface area contributed by atoms with E-state index in [-0.39, 0.29) is 25.0 Å². The molecule has 1 unspecified atom stereocenters. The molecule has 0 bridgehead atoms. The largest absolute Gasteiger partial charge is 0.404 e. The molecular formula is C24H34O4Si. The van der Waals surface area contributed by atoms with Gasteiger partial charge in [-0.25, -0.2) is 0 Å². The van der Waals surface area contributed by atoms with E-state index in [0.717, 1.165) is 0 Å². The Morgan fingerprint density at radius 3 is 1.79 bits per heavy atom. The summed E-state index contributed by atoms with van der Waals surface area (Å²) in [5.74, 6) is 0. The maximum Gasteiger partial charge on any atom is 0.261 e. The molecule has 2 aromatic rings. The molecule has 0 aliphatic carbocycles. The highest BCUT2D eigenvalue weighted by Gasteiger charge is 2.51. The van der Waals surface area contributed by atoms with Crippen LogP contribution in [0.25, 0.3) is 0 Å². The molecular weight excluding hydrogens is 380 g/mol. The number of aliphatic hydroxyl groups is 1. The molecule has 158 valence electrons. The first-order valence-corrected chi connectivity index (χ1v) is 11.8. The molecule has 0 aromatic heterocycles. The summed E-state index contributed by atoms with van der Waals surface area (Å²) in [7, 11) is -1.19. The highest BCUT2D eigenvalue weighted by molar-refractivity contribution is 6.99. The summed E-state index contributed by atoms with van der Waals surface area (Å²) in [6.07, 6.45) is 0. The van der Waals surface area contributed by atoms with Crippen molar-refractivity contribution >= 4 is 18.7 Å². The second kappa shape index (κ2) is 9.83. The van der Waals surface area contributed by atoms with Crippen LogP contribution in [0.15, 0.2) is 72.8 Å². The number of hydrogen-bond acceptors (Lipinski definition) is 4. The summed E-state index contributed by atoms with van der Waals surface area (Å²) in [5, 5.41) is 13.4. The van der Waals surface area contributed by atoms with Gasteiger partial charge in [-0.05, 0) is 27.9 Å². The van der Waals surface area contributed by atoms with Gasteiger partial charge in [0.1, 0.15) is 12.4 Å². The van der Waals surface area contributed by atoms with Gasteiger partial charge in [0.2, 0.25) is 0 Å². The van der Waals surface area contributed by atoms with Gasteiger partial charge in [0.05, 0.1) is 13.2 Å². The van der Waals surface area contributed by atoms with Crippen LogP contribution in [0, 0.1) is 0 Å². The molecule has 0 spiro atoms. The van der Waals surface area contributed by atoms with Gasteiger partial charge >= 0.3 is 0 Å². The van der Waals surface area contributed by atoms with Crippen LogP contribution in [0.3, 0.4) is 0 Å². The Kier molecular flexibility index (Phi) is 7.97. The zero-order chi connectivity index (χ0) is 21.5. The standard InChI is InChI=1S/C24H34O4Si/c1-20(2)24(25,17-27-19-26-6)18-28-29(23(3,4)5,21-13-9-7-10-14-21)22-15-11-8-12-16-22/h7-16,25H,1,17-19H2,2-6H3. The number of hydrogen-bond donors (Lipinski definition) is 1. The van der Waals surface area contributed by atoms with Crippen LogP contribution >= 0.6 is 0 Å². The van der Waals surface area contributed by atoms with Gasteiger partial charge in [0.15, 0.2) is 0 Å². The van der Waals surface area contributed by atoms with Crippen molar-refractivity contribution in [2.75, 3.05) is 27.1 Å². The molecule has 2 aromatic carbocycles. The summed E-state index contributed by atoms with van der Waals surface area (Å²) in [4.78, 5) is 0. The smallest absolute Gasteiger partial charge is 0.261 e. The summed E-state index contributed by atoms with van der Waals surface area (Å²) in [6.45, 7) is 12.7. The number of methoxy groups -OCH3 is 1. The van der Waals surface area contributed by atoms with Crippen LogP contribution in [-0.2, 0) is 13.9 Å². The van der Waals surface area contributed by atoms with Gasteiger partial charge in [-0.3, -0.25) is 0 Å². The Bertz CT molecular complexity index is 731. The van der Waals surface area contributed by atoms with E-state index in [1.807, 2.05) is 36.4 Å². The minimum atomic E-state index is -2.74. The molecule has 0 radical (unpaired) electrons. The van der Waals surface area contributed by atoms with Crippen molar-refractivity contribution in [1.82, 2.24) is 0 Å². The fraction of sp³-hybridized carbons (Fsp3) is 0.417. The summed E-state index contributed by atoms with van der Waals surface area (Å²) >= 11 is 0. The van der Waals surface area contributed by atoms with Crippen LogP contribution < -0.4 is 10.4 Å². The average molecular weight is 415 g/mol. The van der Waals surface area contributed by atoms with Crippen LogP contribution in [0.1, 0.15) is 27.7 Å². The van der Waals surface area contributed by atoms with Crippen molar-refractivity contribution < 1.29 is 19.0 Å². The van der Waals surface area contributed by atoms with E-state index < -0.39 is 13.9 Å². The number of benzene rings is 2. The molecule has 0 saturated heterocycles. The van der Waals surface area contributed by atoms with Gasteiger partial charge in [0, 0.05) is 7.11 Å². The first-order valence-electron chi connectivity index (χ1n) is 9.87. The van der Waals surface area contributed by atoms with Crippen molar-refractivity contribution in [3.8, 4) is 0 Å². The van der Waals surface area contributed by atoms with E-state index in [4.69, 9.17) is 13.9 Å². The highest BCUT2D eigenvalue weighted by Crippen LogP contribution is 2.37. The quantitative estimate of drug-likeness (QED) is 0.280. The van der Waals surface area contributed by atoms with Gasteiger partial charge in [0.25, 0.3) is 8.32 Å². The molecule has 0 aliphatic rings.